The molecule has 0 aromatic carbocycles. The molecule has 2 heterocycles. The number of nitrogens with zero attached hydrogens (tertiary/aromatic N) is 1. The number of carbonyl (C=O) groups is 1. The number of hydrogen-bond acceptors (Lipinski definition) is 4. The summed E-state index contributed by atoms with van der Waals surface area (Å²) in [4.78, 5) is 14.5. The molecule has 0 spiro atoms. The van der Waals surface area contributed by atoms with Gasteiger partial charge in [-0.15, -0.1) is 0 Å². The van der Waals surface area contributed by atoms with Crippen LogP contribution in [0.4, 0.5) is 0 Å². The van der Waals surface area contributed by atoms with Gasteiger partial charge in [0.1, 0.15) is 6.04 Å². The average Bonchev–Trinajstić information content (AvgIpc) is 2.85. The molecule has 0 aliphatic carbocycles. The van der Waals surface area contributed by atoms with Gasteiger partial charge >= 0.3 is 5.97 Å². The highest BCUT2D eigenvalue weighted by molar-refractivity contribution is 5.76. The highest BCUT2D eigenvalue weighted by atomic mass is 16.5. The summed E-state index contributed by atoms with van der Waals surface area (Å²) in [6.45, 7) is 12.1. The average molecular weight is 254 g/mol. The predicted molar refractivity (Wildman–Crippen MR) is 71.3 cm³/mol. The van der Waals surface area contributed by atoms with Crippen LogP contribution in [0, 0.1) is 11.8 Å². The molecule has 1 N–H and O–H groups in total. The standard InChI is InChI=1S/C14H26N2O2/c1-5-12(13(17)18-6-2)16-9-10-7-15-8-11(10)14(16,3)4/h10-12,15H,5-9H2,1-4H3. The maximum absolute atomic E-state index is 12.1. The van der Waals surface area contributed by atoms with E-state index in [4.69, 9.17) is 4.74 Å². The summed E-state index contributed by atoms with van der Waals surface area (Å²) in [6, 6.07) is -0.0782. The zero-order valence-corrected chi connectivity index (χ0v) is 12.0. The smallest absolute Gasteiger partial charge is 0.323 e. The van der Waals surface area contributed by atoms with Crippen LogP contribution in [0.25, 0.3) is 0 Å². The van der Waals surface area contributed by atoms with E-state index in [0.717, 1.165) is 26.1 Å². The van der Waals surface area contributed by atoms with Gasteiger partial charge in [0.2, 0.25) is 0 Å². The summed E-state index contributed by atoms with van der Waals surface area (Å²) in [6.07, 6.45) is 0.829. The summed E-state index contributed by atoms with van der Waals surface area (Å²) < 4.78 is 5.23. The van der Waals surface area contributed by atoms with Gasteiger partial charge in [0.25, 0.3) is 0 Å². The molecule has 4 nitrogen and oxygen atoms in total. The van der Waals surface area contributed by atoms with Crippen LogP contribution >= 0.6 is 0 Å². The zero-order valence-electron chi connectivity index (χ0n) is 12.0. The van der Waals surface area contributed by atoms with Crippen LogP contribution < -0.4 is 5.32 Å². The van der Waals surface area contributed by atoms with E-state index in [9.17, 15) is 4.79 Å². The predicted octanol–water partition coefficient (Wildman–Crippen LogP) is 1.26. The van der Waals surface area contributed by atoms with Crippen LogP contribution in [-0.2, 0) is 9.53 Å². The Hall–Kier alpha value is -0.610. The Bertz CT molecular complexity index is 317. The molecule has 2 aliphatic rings. The fourth-order valence-corrected chi connectivity index (χ4v) is 3.73. The maximum Gasteiger partial charge on any atom is 0.323 e. The third kappa shape index (κ3) is 2.16. The first-order valence-electron chi connectivity index (χ1n) is 7.16. The van der Waals surface area contributed by atoms with Gasteiger partial charge in [0.15, 0.2) is 0 Å². The van der Waals surface area contributed by atoms with Crippen molar-refractivity contribution in [3.8, 4) is 0 Å². The van der Waals surface area contributed by atoms with E-state index in [1.54, 1.807) is 0 Å². The molecule has 3 atom stereocenters. The summed E-state index contributed by atoms with van der Waals surface area (Å²) in [5.74, 6) is 1.28. The summed E-state index contributed by atoms with van der Waals surface area (Å²) in [5, 5.41) is 3.47. The maximum atomic E-state index is 12.1. The second-order valence-corrected chi connectivity index (χ2v) is 6.01. The van der Waals surface area contributed by atoms with Crippen LogP contribution in [0.1, 0.15) is 34.1 Å². The first-order valence-corrected chi connectivity index (χ1v) is 7.16. The van der Waals surface area contributed by atoms with Crippen molar-refractivity contribution in [1.82, 2.24) is 10.2 Å². The van der Waals surface area contributed by atoms with E-state index in [-0.39, 0.29) is 17.6 Å². The molecule has 0 amide bonds. The number of hydrogen-bond donors (Lipinski definition) is 1. The van der Waals surface area contributed by atoms with E-state index < -0.39 is 0 Å². The number of carbonyl (C=O) groups excluding carboxylic acids is 1. The third-order valence-electron chi connectivity index (χ3n) is 4.74. The monoisotopic (exact) mass is 254 g/mol. The first-order chi connectivity index (χ1) is 8.52. The fourth-order valence-electron chi connectivity index (χ4n) is 3.73. The van der Waals surface area contributed by atoms with Gasteiger partial charge in [-0.05, 0) is 45.6 Å². The van der Waals surface area contributed by atoms with Gasteiger partial charge in [0.05, 0.1) is 6.61 Å². The quantitative estimate of drug-likeness (QED) is 0.767. The number of likely N-dealkylation sites (tertiary alicyclic amines) is 1. The minimum Gasteiger partial charge on any atom is -0.465 e. The van der Waals surface area contributed by atoms with Crippen molar-refractivity contribution < 1.29 is 9.53 Å². The Balaban J connectivity index is 2.14. The molecule has 2 aliphatic heterocycles. The molecule has 0 radical (unpaired) electrons. The highest BCUT2D eigenvalue weighted by Crippen LogP contribution is 2.42. The molecule has 0 aromatic heterocycles. The molecule has 2 rings (SSSR count). The SMILES string of the molecule is CCOC(=O)C(CC)N1CC2CNCC2C1(C)C. The third-order valence-corrected chi connectivity index (χ3v) is 4.74. The second-order valence-electron chi connectivity index (χ2n) is 6.01. The molecule has 0 bridgehead atoms. The van der Waals surface area contributed by atoms with Gasteiger partial charge in [0, 0.05) is 18.6 Å². The van der Waals surface area contributed by atoms with Crippen molar-refractivity contribution in [1.29, 1.82) is 0 Å². The summed E-state index contributed by atoms with van der Waals surface area (Å²) >= 11 is 0. The van der Waals surface area contributed by atoms with Crippen molar-refractivity contribution in [3.63, 3.8) is 0 Å². The number of rotatable bonds is 4. The molecule has 4 heteroatoms. The number of nitrogens with one attached hydrogen (secondary N) is 1. The molecular weight excluding hydrogens is 228 g/mol. The summed E-state index contributed by atoms with van der Waals surface area (Å²) in [7, 11) is 0. The van der Waals surface area contributed by atoms with Crippen molar-refractivity contribution in [2.24, 2.45) is 11.8 Å². The molecule has 0 aromatic rings. The Morgan fingerprint density at radius 2 is 2.17 bits per heavy atom. The first kappa shape index (κ1) is 13.8. The Morgan fingerprint density at radius 3 is 2.72 bits per heavy atom. The molecule has 2 saturated heterocycles. The lowest BCUT2D eigenvalue weighted by Crippen LogP contribution is -2.52. The minimum atomic E-state index is -0.0782. The van der Waals surface area contributed by atoms with Gasteiger partial charge in [-0.25, -0.2) is 0 Å². The topological polar surface area (TPSA) is 41.6 Å². The van der Waals surface area contributed by atoms with Gasteiger partial charge < -0.3 is 10.1 Å². The van der Waals surface area contributed by atoms with Gasteiger partial charge in [-0.3, -0.25) is 9.69 Å². The van der Waals surface area contributed by atoms with Crippen molar-refractivity contribution >= 4 is 5.97 Å². The van der Waals surface area contributed by atoms with E-state index in [0.29, 0.717) is 18.4 Å². The lowest BCUT2D eigenvalue weighted by Gasteiger charge is -2.39. The molecule has 18 heavy (non-hydrogen) atoms. The van der Waals surface area contributed by atoms with Crippen molar-refractivity contribution in [2.75, 3.05) is 26.2 Å². The molecule has 104 valence electrons. The second kappa shape index (κ2) is 5.17. The zero-order chi connectivity index (χ0) is 13.3. The van der Waals surface area contributed by atoms with E-state index in [2.05, 4.69) is 31.0 Å². The van der Waals surface area contributed by atoms with Crippen molar-refractivity contribution in [3.05, 3.63) is 0 Å². The van der Waals surface area contributed by atoms with Gasteiger partial charge in [-0.1, -0.05) is 6.92 Å². The van der Waals surface area contributed by atoms with E-state index >= 15 is 0 Å². The number of fused-ring (bicyclic) bond motifs is 1. The molecule has 2 fully saturated rings. The van der Waals surface area contributed by atoms with Crippen LogP contribution in [0.2, 0.25) is 0 Å². The summed E-state index contributed by atoms with van der Waals surface area (Å²) in [5.41, 5.74) is 0.0849. The van der Waals surface area contributed by atoms with E-state index in [1.165, 1.54) is 0 Å². The molecule has 3 unspecified atom stereocenters. The van der Waals surface area contributed by atoms with Gasteiger partial charge in [-0.2, -0.15) is 0 Å². The Labute approximate surface area is 110 Å². The van der Waals surface area contributed by atoms with E-state index in [1.807, 2.05) is 6.92 Å². The highest BCUT2D eigenvalue weighted by Gasteiger charge is 2.52. The van der Waals surface area contributed by atoms with Crippen LogP contribution in [0.3, 0.4) is 0 Å². The largest absolute Gasteiger partial charge is 0.465 e. The van der Waals surface area contributed by atoms with Crippen LogP contribution in [0.15, 0.2) is 0 Å². The van der Waals surface area contributed by atoms with Crippen molar-refractivity contribution in [2.45, 2.75) is 45.7 Å². The van der Waals surface area contributed by atoms with Crippen LogP contribution in [0.5, 0.6) is 0 Å². The fraction of sp³-hybridized carbons (Fsp3) is 0.929. The normalized spacial score (nSPS) is 32.2. The minimum absolute atomic E-state index is 0.0546. The lowest BCUT2D eigenvalue weighted by molar-refractivity contribution is -0.151. The number of esters is 1. The number of ether oxygens (including phenoxy) is 1. The molecular formula is C14H26N2O2. The van der Waals surface area contributed by atoms with Crippen LogP contribution in [-0.4, -0.2) is 48.7 Å². The Morgan fingerprint density at radius 1 is 1.44 bits per heavy atom. The molecule has 0 saturated carbocycles. The Kier molecular flexibility index (Phi) is 3.97. The lowest BCUT2D eigenvalue weighted by atomic mass is 9.84.